The Labute approximate surface area is 118 Å². The Morgan fingerprint density at radius 1 is 1.26 bits per heavy atom. The maximum Gasteiger partial charge on any atom is 0.0702 e. The van der Waals surface area contributed by atoms with E-state index in [1.165, 1.54) is 44.9 Å². The minimum Gasteiger partial charge on any atom is -0.377 e. The second-order valence-electron chi connectivity index (χ2n) is 6.61. The van der Waals surface area contributed by atoms with E-state index in [9.17, 15) is 0 Å². The van der Waals surface area contributed by atoms with Crippen LogP contribution in [0.25, 0.3) is 0 Å². The average molecular weight is 268 g/mol. The largest absolute Gasteiger partial charge is 0.377 e. The van der Waals surface area contributed by atoms with Crippen molar-refractivity contribution in [2.24, 2.45) is 17.6 Å². The van der Waals surface area contributed by atoms with Crippen molar-refractivity contribution < 1.29 is 4.74 Å². The van der Waals surface area contributed by atoms with Crippen LogP contribution < -0.4 is 5.73 Å². The molecule has 4 unspecified atom stereocenters. The summed E-state index contributed by atoms with van der Waals surface area (Å²) >= 11 is 0. The van der Waals surface area contributed by atoms with E-state index in [1.807, 2.05) is 0 Å². The molecule has 1 aliphatic carbocycles. The molecule has 1 saturated carbocycles. The van der Waals surface area contributed by atoms with Crippen LogP contribution in [0.3, 0.4) is 0 Å². The molecule has 0 amide bonds. The van der Waals surface area contributed by atoms with Crippen LogP contribution in [0.4, 0.5) is 0 Å². The van der Waals surface area contributed by atoms with Crippen molar-refractivity contribution in [3.8, 4) is 0 Å². The summed E-state index contributed by atoms with van der Waals surface area (Å²) in [5, 5.41) is 0. The Morgan fingerprint density at radius 3 is 2.74 bits per heavy atom. The van der Waals surface area contributed by atoms with E-state index in [1.54, 1.807) is 0 Å². The van der Waals surface area contributed by atoms with Gasteiger partial charge in [-0.1, -0.05) is 26.2 Å². The molecule has 19 heavy (non-hydrogen) atoms. The predicted octanol–water partition coefficient (Wildman–Crippen LogP) is 2.64. The van der Waals surface area contributed by atoms with Crippen LogP contribution in [0.15, 0.2) is 0 Å². The van der Waals surface area contributed by atoms with Crippen molar-refractivity contribution in [3.05, 3.63) is 0 Å². The number of likely N-dealkylation sites (N-methyl/N-ethyl adjacent to an activating group) is 1. The Hall–Kier alpha value is -0.120. The third-order valence-corrected chi connectivity index (χ3v) is 5.15. The van der Waals surface area contributed by atoms with Gasteiger partial charge in [-0.05, 0) is 51.1 Å². The molecule has 2 fully saturated rings. The first kappa shape index (κ1) is 15.3. The lowest BCUT2D eigenvalue weighted by atomic mass is 9.76. The van der Waals surface area contributed by atoms with Gasteiger partial charge in [-0.25, -0.2) is 0 Å². The van der Waals surface area contributed by atoms with Crippen molar-refractivity contribution in [1.29, 1.82) is 0 Å². The minimum atomic E-state index is 0.468. The molecule has 0 spiro atoms. The van der Waals surface area contributed by atoms with Gasteiger partial charge < -0.3 is 15.4 Å². The van der Waals surface area contributed by atoms with Crippen LogP contribution in [0.1, 0.15) is 51.9 Å². The summed E-state index contributed by atoms with van der Waals surface area (Å²) in [4.78, 5) is 2.55. The molecule has 0 aromatic heterocycles. The Balaban J connectivity index is 1.88. The lowest BCUT2D eigenvalue weighted by molar-refractivity contribution is 0.0367. The molecule has 0 radical (unpaired) electrons. The molecule has 112 valence electrons. The topological polar surface area (TPSA) is 38.5 Å². The van der Waals surface area contributed by atoms with Crippen LogP contribution in [0.2, 0.25) is 0 Å². The summed E-state index contributed by atoms with van der Waals surface area (Å²) in [6.45, 7) is 5.21. The first-order valence-corrected chi connectivity index (χ1v) is 8.26. The fraction of sp³-hybridized carbons (Fsp3) is 1.00. The summed E-state index contributed by atoms with van der Waals surface area (Å²) in [5.74, 6) is 1.62. The molecule has 1 saturated heterocycles. The lowest BCUT2D eigenvalue weighted by Gasteiger charge is -2.41. The van der Waals surface area contributed by atoms with Gasteiger partial charge in [0.05, 0.1) is 6.10 Å². The third-order valence-electron chi connectivity index (χ3n) is 5.15. The molecule has 1 heterocycles. The average Bonchev–Trinajstić information content (AvgIpc) is 2.92. The van der Waals surface area contributed by atoms with Crippen molar-refractivity contribution in [2.75, 3.05) is 26.7 Å². The maximum atomic E-state index is 6.00. The number of hydrogen-bond acceptors (Lipinski definition) is 3. The SMILES string of the molecule is CCCC1CCC(CN)C(N(C)CC2CCCO2)C1. The van der Waals surface area contributed by atoms with Gasteiger partial charge in [0.1, 0.15) is 0 Å². The highest BCUT2D eigenvalue weighted by molar-refractivity contribution is 4.87. The molecule has 2 N–H and O–H groups in total. The van der Waals surface area contributed by atoms with Gasteiger partial charge in [0.25, 0.3) is 0 Å². The highest BCUT2D eigenvalue weighted by Gasteiger charge is 2.33. The van der Waals surface area contributed by atoms with Gasteiger partial charge in [0.15, 0.2) is 0 Å². The quantitative estimate of drug-likeness (QED) is 0.805. The molecule has 1 aliphatic heterocycles. The second kappa shape index (κ2) is 7.61. The summed E-state index contributed by atoms with van der Waals surface area (Å²) < 4.78 is 5.78. The molecule has 2 aliphatic rings. The zero-order valence-electron chi connectivity index (χ0n) is 12.8. The van der Waals surface area contributed by atoms with Crippen LogP contribution in [-0.2, 0) is 4.74 Å². The van der Waals surface area contributed by atoms with Crippen molar-refractivity contribution in [3.63, 3.8) is 0 Å². The number of rotatable bonds is 6. The van der Waals surface area contributed by atoms with Crippen LogP contribution >= 0.6 is 0 Å². The van der Waals surface area contributed by atoms with E-state index in [4.69, 9.17) is 10.5 Å². The highest BCUT2D eigenvalue weighted by atomic mass is 16.5. The molecule has 0 aromatic carbocycles. The molecule has 2 rings (SSSR count). The summed E-state index contributed by atoms with van der Waals surface area (Å²) in [7, 11) is 2.28. The molecule has 4 atom stereocenters. The van der Waals surface area contributed by atoms with Crippen LogP contribution in [0, 0.1) is 11.8 Å². The number of nitrogens with zero attached hydrogens (tertiary/aromatic N) is 1. The smallest absolute Gasteiger partial charge is 0.0702 e. The third kappa shape index (κ3) is 4.17. The summed E-state index contributed by atoms with van der Waals surface area (Å²) in [6, 6.07) is 0.680. The zero-order chi connectivity index (χ0) is 13.7. The van der Waals surface area contributed by atoms with Crippen molar-refractivity contribution in [1.82, 2.24) is 4.90 Å². The van der Waals surface area contributed by atoms with E-state index in [-0.39, 0.29) is 0 Å². The predicted molar refractivity (Wildman–Crippen MR) is 80.2 cm³/mol. The van der Waals surface area contributed by atoms with E-state index >= 15 is 0 Å². The van der Waals surface area contributed by atoms with Gasteiger partial charge in [-0.3, -0.25) is 0 Å². The number of hydrogen-bond donors (Lipinski definition) is 1. The Bertz CT molecular complexity index is 253. The van der Waals surface area contributed by atoms with Gasteiger partial charge in [-0.2, -0.15) is 0 Å². The van der Waals surface area contributed by atoms with Gasteiger partial charge >= 0.3 is 0 Å². The highest BCUT2D eigenvalue weighted by Crippen LogP contribution is 2.34. The van der Waals surface area contributed by atoms with E-state index in [2.05, 4.69) is 18.9 Å². The summed E-state index contributed by atoms with van der Waals surface area (Å²) in [6.07, 6.45) is 9.71. The lowest BCUT2D eigenvalue weighted by Crippen LogP contribution is -2.47. The monoisotopic (exact) mass is 268 g/mol. The van der Waals surface area contributed by atoms with Crippen LogP contribution in [-0.4, -0.2) is 43.8 Å². The first-order chi connectivity index (χ1) is 9.24. The second-order valence-corrected chi connectivity index (χ2v) is 6.61. The Kier molecular flexibility index (Phi) is 6.11. The normalized spacial score (nSPS) is 36.0. The number of nitrogens with two attached hydrogens (primary N) is 1. The fourth-order valence-corrected chi connectivity index (χ4v) is 4.02. The van der Waals surface area contributed by atoms with Gasteiger partial charge in [0, 0.05) is 19.2 Å². The molecular formula is C16H32N2O. The molecular weight excluding hydrogens is 236 g/mol. The summed E-state index contributed by atoms with van der Waals surface area (Å²) in [5.41, 5.74) is 6.00. The minimum absolute atomic E-state index is 0.468. The molecule has 3 nitrogen and oxygen atoms in total. The zero-order valence-corrected chi connectivity index (χ0v) is 12.8. The van der Waals surface area contributed by atoms with E-state index < -0.39 is 0 Å². The molecule has 0 bridgehead atoms. The van der Waals surface area contributed by atoms with Gasteiger partial charge in [0.2, 0.25) is 0 Å². The first-order valence-electron chi connectivity index (χ1n) is 8.26. The standard InChI is InChI=1S/C16H32N2O/c1-3-5-13-7-8-14(11-17)16(10-13)18(2)12-15-6-4-9-19-15/h13-16H,3-12,17H2,1-2H3. The maximum absolute atomic E-state index is 6.00. The van der Waals surface area contributed by atoms with Crippen molar-refractivity contribution in [2.45, 2.75) is 64.0 Å². The van der Waals surface area contributed by atoms with Crippen molar-refractivity contribution >= 4 is 0 Å². The molecule has 3 heteroatoms. The number of ether oxygens (including phenoxy) is 1. The van der Waals surface area contributed by atoms with E-state index in [0.717, 1.165) is 25.6 Å². The Morgan fingerprint density at radius 2 is 2.11 bits per heavy atom. The van der Waals surface area contributed by atoms with E-state index in [0.29, 0.717) is 18.1 Å². The fourth-order valence-electron chi connectivity index (χ4n) is 4.02. The van der Waals surface area contributed by atoms with Gasteiger partial charge in [-0.15, -0.1) is 0 Å². The van der Waals surface area contributed by atoms with Crippen LogP contribution in [0.5, 0.6) is 0 Å². The molecule has 0 aromatic rings.